The zero-order valence-corrected chi connectivity index (χ0v) is 12.2. The van der Waals surface area contributed by atoms with Gasteiger partial charge in [0.25, 0.3) is 0 Å². The molecule has 1 aromatic carbocycles. The summed E-state index contributed by atoms with van der Waals surface area (Å²) in [6.45, 7) is 8.02. The van der Waals surface area contributed by atoms with Gasteiger partial charge in [-0.2, -0.15) is 4.98 Å². The Morgan fingerprint density at radius 3 is 2.50 bits per heavy atom. The van der Waals surface area contributed by atoms with Crippen molar-refractivity contribution in [2.24, 2.45) is 0 Å². The van der Waals surface area contributed by atoms with Crippen LogP contribution in [-0.2, 0) is 0 Å². The standard InChI is InChI=1S/C15H19FN4/c1-10-8-13(18-12-7-5-6-11(16)9-12)19-14(17-10)20-15(2,3)4/h5-9H,1-4H3,(H2,17,18,19,20). The second-order valence-electron chi connectivity index (χ2n) is 5.73. The topological polar surface area (TPSA) is 49.8 Å². The molecular weight excluding hydrogens is 255 g/mol. The average Bonchev–Trinajstić information content (AvgIpc) is 2.25. The molecule has 4 nitrogen and oxygen atoms in total. The van der Waals surface area contributed by atoms with Crippen LogP contribution in [0.25, 0.3) is 0 Å². The highest BCUT2D eigenvalue weighted by Crippen LogP contribution is 2.19. The number of rotatable bonds is 3. The Labute approximate surface area is 118 Å². The van der Waals surface area contributed by atoms with Crippen molar-refractivity contribution in [3.8, 4) is 0 Å². The minimum Gasteiger partial charge on any atom is -0.350 e. The van der Waals surface area contributed by atoms with Crippen LogP contribution in [0.5, 0.6) is 0 Å². The van der Waals surface area contributed by atoms with E-state index in [2.05, 4.69) is 20.6 Å². The van der Waals surface area contributed by atoms with Crippen LogP contribution in [0.15, 0.2) is 30.3 Å². The largest absolute Gasteiger partial charge is 0.350 e. The lowest BCUT2D eigenvalue weighted by Crippen LogP contribution is -2.27. The lowest BCUT2D eigenvalue weighted by molar-refractivity contribution is 0.625. The van der Waals surface area contributed by atoms with Gasteiger partial charge in [-0.15, -0.1) is 0 Å². The molecule has 0 saturated heterocycles. The van der Waals surface area contributed by atoms with Crippen LogP contribution in [-0.4, -0.2) is 15.5 Å². The SMILES string of the molecule is Cc1cc(Nc2cccc(F)c2)nc(NC(C)(C)C)n1. The van der Waals surface area contributed by atoms with Crippen LogP contribution in [0.4, 0.5) is 21.8 Å². The molecule has 1 heterocycles. The van der Waals surface area contributed by atoms with E-state index < -0.39 is 0 Å². The first-order chi connectivity index (χ1) is 9.32. The van der Waals surface area contributed by atoms with E-state index in [0.29, 0.717) is 17.5 Å². The van der Waals surface area contributed by atoms with Crippen LogP contribution in [0, 0.1) is 12.7 Å². The molecule has 0 aliphatic carbocycles. The van der Waals surface area contributed by atoms with Crippen molar-refractivity contribution in [1.29, 1.82) is 0 Å². The molecule has 0 radical (unpaired) electrons. The second-order valence-corrected chi connectivity index (χ2v) is 5.73. The van der Waals surface area contributed by atoms with E-state index in [4.69, 9.17) is 0 Å². The Morgan fingerprint density at radius 2 is 1.85 bits per heavy atom. The molecule has 20 heavy (non-hydrogen) atoms. The monoisotopic (exact) mass is 274 g/mol. The second kappa shape index (κ2) is 5.45. The van der Waals surface area contributed by atoms with Gasteiger partial charge in [-0.05, 0) is 45.9 Å². The summed E-state index contributed by atoms with van der Waals surface area (Å²) in [6.07, 6.45) is 0. The summed E-state index contributed by atoms with van der Waals surface area (Å²) in [5.41, 5.74) is 1.37. The molecule has 5 heteroatoms. The first-order valence-corrected chi connectivity index (χ1v) is 6.48. The quantitative estimate of drug-likeness (QED) is 0.891. The van der Waals surface area contributed by atoms with Gasteiger partial charge in [-0.3, -0.25) is 0 Å². The molecule has 0 aliphatic heterocycles. The van der Waals surface area contributed by atoms with Crippen molar-refractivity contribution in [1.82, 2.24) is 9.97 Å². The average molecular weight is 274 g/mol. The van der Waals surface area contributed by atoms with E-state index >= 15 is 0 Å². The minimum atomic E-state index is -0.284. The fourth-order valence-corrected chi connectivity index (χ4v) is 1.74. The van der Waals surface area contributed by atoms with Crippen LogP contribution in [0.3, 0.4) is 0 Å². The first-order valence-electron chi connectivity index (χ1n) is 6.48. The smallest absolute Gasteiger partial charge is 0.225 e. The van der Waals surface area contributed by atoms with Gasteiger partial charge in [0.2, 0.25) is 5.95 Å². The molecule has 0 amide bonds. The van der Waals surface area contributed by atoms with Gasteiger partial charge >= 0.3 is 0 Å². The Morgan fingerprint density at radius 1 is 1.10 bits per heavy atom. The van der Waals surface area contributed by atoms with Crippen molar-refractivity contribution in [2.75, 3.05) is 10.6 Å². The van der Waals surface area contributed by atoms with Crippen LogP contribution in [0.2, 0.25) is 0 Å². The van der Waals surface area contributed by atoms with Gasteiger partial charge in [0.15, 0.2) is 0 Å². The van der Waals surface area contributed by atoms with E-state index in [0.717, 1.165) is 5.69 Å². The molecule has 0 saturated carbocycles. The molecule has 2 rings (SSSR count). The number of aryl methyl sites for hydroxylation is 1. The fraction of sp³-hybridized carbons (Fsp3) is 0.333. The Hall–Kier alpha value is -2.17. The van der Waals surface area contributed by atoms with Crippen molar-refractivity contribution >= 4 is 17.5 Å². The molecule has 2 aromatic rings. The number of aromatic nitrogens is 2. The molecule has 0 aliphatic rings. The van der Waals surface area contributed by atoms with Gasteiger partial charge in [-0.25, -0.2) is 9.37 Å². The van der Waals surface area contributed by atoms with Crippen molar-refractivity contribution < 1.29 is 4.39 Å². The lowest BCUT2D eigenvalue weighted by Gasteiger charge is -2.21. The summed E-state index contributed by atoms with van der Waals surface area (Å²) in [5.74, 6) is 0.903. The maximum atomic E-state index is 13.2. The number of halogens is 1. The predicted molar refractivity (Wildman–Crippen MR) is 79.8 cm³/mol. The predicted octanol–water partition coefficient (Wildman–Crippen LogP) is 3.88. The zero-order valence-electron chi connectivity index (χ0n) is 12.2. The van der Waals surface area contributed by atoms with Gasteiger partial charge in [0, 0.05) is 23.0 Å². The highest BCUT2D eigenvalue weighted by atomic mass is 19.1. The van der Waals surface area contributed by atoms with E-state index in [9.17, 15) is 4.39 Å². The molecule has 0 fully saturated rings. The lowest BCUT2D eigenvalue weighted by atomic mass is 10.1. The Bertz CT molecular complexity index is 605. The van der Waals surface area contributed by atoms with E-state index in [1.807, 2.05) is 33.8 Å². The van der Waals surface area contributed by atoms with Gasteiger partial charge < -0.3 is 10.6 Å². The molecule has 0 unspecified atom stereocenters. The minimum absolute atomic E-state index is 0.121. The zero-order chi connectivity index (χ0) is 14.8. The molecule has 1 aromatic heterocycles. The van der Waals surface area contributed by atoms with E-state index in [1.165, 1.54) is 12.1 Å². The molecular formula is C15H19FN4. The van der Waals surface area contributed by atoms with Crippen molar-refractivity contribution in [3.05, 3.63) is 41.8 Å². The van der Waals surface area contributed by atoms with Gasteiger partial charge in [0.05, 0.1) is 0 Å². The highest BCUT2D eigenvalue weighted by Gasteiger charge is 2.12. The third kappa shape index (κ3) is 4.19. The van der Waals surface area contributed by atoms with Crippen molar-refractivity contribution in [3.63, 3.8) is 0 Å². The maximum Gasteiger partial charge on any atom is 0.225 e. The summed E-state index contributed by atoms with van der Waals surface area (Å²) in [7, 11) is 0. The van der Waals surface area contributed by atoms with Gasteiger partial charge in [-0.1, -0.05) is 6.07 Å². The first kappa shape index (κ1) is 14.2. The summed E-state index contributed by atoms with van der Waals surface area (Å²) < 4.78 is 13.2. The summed E-state index contributed by atoms with van der Waals surface area (Å²) in [5, 5.41) is 6.30. The van der Waals surface area contributed by atoms with Crippen LogP contribution >= 0.6 is 0 Å². The van der Waals surface area contributed by atoms with Gasteiger partial charge in [0.1, 0.15) is 11.6 Å². The maximum absolute atomic E-state index is 13.2. The molecule has 2 N–H and O–H groups in total. The summed E-state index contributed by atoms with van der Waals surface area (Å²) in [4.78, 5) is 8.73. The number of anilines is 3. The van der Waals surface area contributed by atoms with Crippen molar-refractivity contribution in [2.45, 2.75) is 33.2 Å². The third-order valence-corrected chi connectivity index (χ3v) is 2.44. The normalized spacial score (nSPS) is 11.2. The summed E-state index contributed by atoms with van der Waals surface area (Å²) in [6, 6.07) is 8.09. The highest BCUT2D eigenvalue weighted by molar-refractivity contribution is 5.57. The molecule has 0 spiro atoms. The Balaban J connectivity index is 2.24. The Kier molecular flexibility index (Phi) is 3.88. The number of hydrogen-bond acceptors (Lipinski definition) is 4. The van der Waals surface area contributed by atoms with Crippen LogP contribution < -0.4 is 10.6 Å². The summed E-state index contributed by atoms with van der Waals surface area (Å²) >= 11 is 0. The molecule has 106 valence electrons. The van der Waals surface area contributed by atoms with E-state index in [-0.39, 0.29) is 11.4 Å². The number of nitrogens with one attached hydrogen (secondary N) is 2. The fourth-order valence-electron chi connectivity index (χ4n) is 1.74. The molecule has 0 bridgehead atoms. The number of benzene rings is 1. The molecule has 0 atom stereocenters. The number of hydrogen-bond donors (Lipinski definition) is 2. The van der Waals surface area contributed by atoms with E-state index in [1.54, 1.807) is 12.1 Å². The number of nitrogens with zero attached hydrogens (tertiary/aromatic N) is 2. The third-order valence-electron chi connectivity index (χ3n) is 2.44. The van der Waals surface area contributed by atoms with Crippen LogP contribution in [0.1, 0.15) is 26.5 Å².